The number of rotatable bonds is 4. The lowest BCUT2D eigenvalue weighted by Gasteiger charge is -2.18. The Kier molecular flexibility index (Phi) is 4.47. The molecule has 0 aliphatic rings. The number of hydrogen-bond acceptors (Lipinski definition) is 3. The Hall–Kier alpha value is -1.78. The number of nitrogens with two attached hydrogens (primary N) is 1. The van der Waals surface area contributed by atoms with Gasteiger partial charge in [0.25, 0.3) is 0 Å². The van der Waals surface area contributed by atoms with Crippen LogP contribution in [0.5, 0.6) is 11.5 Å². The van der Waals surface area contributed by atoms with Crippen LogP contribution in [0.25, 0.3) is 0 Å². The predicted molar refractivity (Wildman–Crippen MR) is 77.0 cm³/mol. The molecule has 1 unspecified atom stereocenters. The van der Waals surface area contributed by atoms with E-state index in [4.69, 9.17) is 26.8 Å². The van der Waals surface area contributed by atoms with Crippen LogP contribution >= 0.6 is 11.6 Å². The van der Waals surface area contributed by atoms with Gasteiger partial charge in [-0.2, -0.15) is 0 Å². The molecule has 0 radical (unpaired) electrons. The van der Waals surface area contributed by atoms with Crippen molar-refractivity contribution in [1.29, 1.82) is 0 Å². The first-order valence-electron chi connectivity index (χ1n) is 5.99. The lowest BCUT2D eigenvalue weighted by atomic mass is 9.98. The van der Waals surface area contributed by atoms with E-state index in [1.807, 2.05) is 0 Å². The summed E-state index contributed by atoms with van der Waals surface area (Å²) in [5.41, 5.74) is 7.57. The highest BCUT2D eigenvalue weighted by molar-refractivity contribution is 6.31. The normalized spacial score (nSPS) is 12.1. The van der Waals surface area contributed by atoms with Crippen molar-refractivity contribution in [1.82, 2.24) is 0 Å². The minimum absolute atomic E-state index is 0.280. The zero-order chi connectivity index (χ0) is 14.7. The predicted octanol–water partition coefficient (Wildman–Crippen LogP) is 3.54. The molecule has 5 heteroatoms. The van der Waals surface area contributed by atoms with Gasteiger partial charge in [0.05, 0.1) is 20.3 Å². The second-order valence-electron chi connectivity index (χ2n) is 4.25. The number of benzene rings is 2. The van der Waals surface area contributed by atoms with Crippen LogP contribution in [0.3, 0.4) is 0 Å². The van der Waals surface area contributed by atoms with Crippen LogP contribution in [-0.4, -0.2) is 14.2 Å². The third-order valence-electron chi connectivity index (χ3n) is 3.07. The molecule has 0 bridgehead atoms. The molecule has 0 aliphatic heterocycles. The highest BCUT2D eigenvalue weighted by atomic mass is 35.5. The van der Waals surface area contributed by atoms with Crippen molar-refractivity contribution in [2.24, 2.45) is 5.73 Å². The smallest absolute Gasteiger partial charge is 0.124 e. The Balaban J connectivity index is 2.48. The molecule has 0 aliphatic carbocycles. The van der Waals surface area contributed by atoms with Crippen molar-refractivity contribution in [3.8, 4) is 11.5 Å². The van der Waals surface area contributed by atoms with Crippen molar-refractivity contribution in [3.63, 3.8) is 0 Å². The third kappa shape index (κ3) is 2.86. The van der Waals surface area contributed by atoms with Crippen LogP contribution in [0.1, 0.15) is 17.2 Å². The van der Waals surface area contributed by atoms with E-state index in [9.17, 15) is 4.39 Å². The lowest BCUT2D eigenvalue weighted by Crippen LogP contribution is -2.14. The summed E-state index contributed by atoms with van der Waals surface area (Å²) in [6.45, 7) is 0. The van der Waals surface area contributed by atoms with E-state index < -0.39 is 11.9 Å². The maximum Gasteiger partial charge on any atom is 0.124 e. The molecule has 0 amide bonds. The molecule has 3 nitrogen and oxygen atoms in total. The van der Waals surface area contributed by atoms with Gasteiger partial charge in [0.1, 0.15) is 17.3 Å². The second kappa shape index (κ2) is 6.11. The van der Waals surface area contributed by atoms with E-state index in [0.717, 1.165) is 5.56 Å². The molecule has 0 fully saturated rings. The Morgan fingerprint density at radius 2 is 1.80 bits per heavy atom. The molecular weight excluding hydrogens is 281 g/mol. The summed E-state index contributed by atoms with van der Waals surface area (Å²) in [4.78, 5) is 0. The van der Waals surface area contributed by atoms with Crippen LogP contribution in [0, 0.1) is 5.82 Å². The fourth-order valence-corrected chi connectivity index (χ4v) is 2.29. The van der Waals surface area contributed by atoms with Gasteiger partial charge in [0, 0.05) is 10.6 Å². The number of methoxy groups -OCH3 is 2. The first-order chi connectivity index (χ1) is 9.56. The summed E-state index contributed by atoms with van der Waals surface area (Å²) in [6, 6.07) is 8.93. The van der Waals surface area contributed by atoms with E-state index in [1.165, 1.54) is 12.1 Å². The molecule has 0 saturated heterocycles. The largest absolute Gasteiger partial charge is 0.497 e. The van der Waals surface area contributed by atoms with Gasteiger partial charge in [-0.05, 0) is 35.9 Å². The van der Waals surface area contributed by atoms with Crippen molar-refractivity contribution in [3.05, 3.63) is 58.4 Å². The maximum absolute atomic E-state index is 13.1. The molecule has 20 heavy (non-hydrogen) atoms. The summed E-state index contributed by atoms with van der Waals surface area (Å²) in [7, 11) is 3.13. The molecule has 1 atom stereocenters. The van der Waals surface area contributed by atoms with Crippen molar-refractivity contribution < 1.29 is 13.9 Å². The highest BCUT2D eigenvalue weighted by Gasteiger charge is 2.18. The Bertz CT molecular complexity index is 619. The van der Waals surface area contributed by atoms with Crippen LogP contribution in [0.15, 0.2) is 36.4 Å². The Morgan fingerprint density at radius 1 is 1.05 bits per heavy atom. The van der Waals surface area contributed by atoms with Gasteiger partial charge in [-0.25, -0.2) is 4.39 Å². The zero-order valence-electron chi connectivity index (χ0n) is 11.2. The molecule has 2 aromatic rings. The van der Waals surface area contributed by atoms with Gasteiger partial charge in [0.2, 0.25) is 0 Å². The van der Waals surface area contributed by atoms with E-state index >= 15 is 0 Å². The highest BCUT2D eigenvalue weighted by Crippen LogP contribution is 2.34. The first-order valence-corrected chi connectivity index (χ1v) is 6.37. The number of halogens is 2. The second-order valence-corrected chi connectivity index (χ2v) is 4.66. The Morgan fingerprint density at radius 3 is 2.40 bits per heavy atom. The molecular formula is C15H15ClFNO2. The summed E-state index contributed by atoms with van der Waals surface area (Å²) in [5, 5.41) is 0.280. The zero-order valence-corrected chi connectivity index (χ0v) is 11.9. The van der Waals surface area contributed by atoms with Crippen LogP contribution < -0.4 is 15.2 Å². The van der Waals surface area contributed by atoms with Crippen molar-refractivity contribution in [2.45, 2.75) is 6.04 Å². The molecule has 0 saturated carbocycles. The third-order valence-corrected chi connectivity index (χ3v) is 3.40. The fourth-order valence-electron chi connectivity index (χ4n) is 2.00. The molecule has 106 valence electrons. The summed E-state index contributed by atoms with van der Waals surface area (Å²) >= 11 is 6.05. The van der Waals surface area contributed by atoms with Gasteiger partial charge in [-0.1, -0.05) is 17.7 Å². The number of hydrogen-bond donors (Lipinski definition) is 1. The van der Waals surface area contributed by atoms with Gasteiger partial charge < -0.3 is 15.2 Å². The van der Waals surface area contributed by atoms with Gasteiger partial charge in [-0.15, -0.1) is 0 Å². The minimum atomic E-state index is -0.534. The molecule has 2 rings (SSSR count). The molecule has 2 aromatic carbocycles. The van der Waals surface area contributed by atoms with Gasteiger partial charge in [0.15, 0.2) is 0 Å². The molecule has 2 N–H and O–H groups in total. The maximum atomic E-state index is 13.1. The van der Waals surface area contributed by atoms with Gasteiger partial charge >= 0.3 is 0 Å². The number of ether oxygens (including phenoxy) is 2. The average molecular weight is 296 g/mol. The summed E-state index contributed by atoms with van der Waals surface area (Å²) < 4.78 is 23.6. The van der Waals surface area contributed by atoms with E-state index in [2.05, 4.69) is 0 Å². The topological polar surface area (TPSA) is 44.5 Å². The summed E-state index contributed by atoms with van der Waals surface area (Å²) in [6.07, 6.45) is 0. The van der Waals surface area contributed by atoms with Crippen LogP contribution in [0.2, 0.25) is 5.02 Å². The monoisotopic (exact) mass is 295 g/mol. The average Bonchev–Trinajstić information content (AvgIpc) is 2.46. The van der Waals surface area contributed by atoms with Crippen LogP contribution in [0.4, 0.5) is 4.39 Å². The molecule has 0 heterocycles. The molecule has 0 aromatic heterocycles. The van der Waals surface area contributed by atoms with Crippen LogP contribution in [-0.2, 0) is 0 Å². The first kappa shape index (κ1) is 14.6. The standard InChI is InChI=1S/C15H15ClFNO2/c1-19-10-4-6-14(20-2)12(8-10)15(18)11-5-3-9(17)7-13(11)16/h3-8,15H,18H2,1-2H3. The summed E-state index contributed by atoms with van der Waals surface area (Å²) in [5.74, 6) is 0.886. The van der Waals surface area contributed by atoms with Crippen molar-refractivity contribution in [2.75, 3.05) is 14.2 Å². The van der Waals surface area contributed by atoms with E-state index in [0.29, 0.717) is 17.1 Å². The minimum Gasteiger partial charge on any atom is -0.497 e. The quantitative estimate of drug-likeness (QED) is 0.938. The van der Waals surface area contributed by atoms with Gasteiger partial charge in [-0.3, -0.25) is 0 Å². The Labute approximate surface area is 122 Å². The lowest BCUT2D eigenvalue weighted by molar-refractivity contribution is 0.397. The van der Waals surface area contributed by atoms with E-state index in [1.54, 1.807) is 38.5 Å². The van der Waals surface area contributed by atoms with Crippen molar-refractivity contribution >= 4 is 11.6 Å². The fraction of sp³-hybridized carbons (Fsp3) is 0.200. The molecule has 0 spiro atoms. The SMILES string of the molecule is COc1ccc(OC)c(C(N)c2ccc(F)cc2Cl)c1. The van der Waals surface area contributed by atoms with E-state index in [-0.39, 0.29) is 5.02 Å².